The molecular formula is C20H15FN4O3. The van der Waals surface area contributed by atoms with Gasteiger partial charge in [0.15, 0.2) is 0 Å². The summed E-state index contributed by atoms with van der Waals surface area (Å²) in [6, 6.07) is 10.8. The zero-order valence-electron chi connectivity index (χ0n) is 15.1. The molecule has 0 bridgehead atoms. The average molecular weight is 378 g/mol. The lowest BCUT2D eigenvalue weighted by molar-refractivity contribution is 0.102. The van der Waals surface area contributed by atoms with Gasteiger partial charge in [-0.15, -0.1) is 0 Å². The topological polar surface area (TPSA) is 90.1 Å². The van der Waals surface area contributed by atoms with E-state index in [1.165, 1.54) is 25.4 Å². The Kier molecular flexibility index (Phi) is 4.44. The lowest BCUT2D eigenvalue weighted by Gasteiger charge is -2.08. The van der Waals surface area contributed by atoms with Crippen molar-refractivity contribution in [3.05, 3.63) is 65.7 Å². The molecule has 0 atom stereocenters. The van der Waals surface area contributed by atoms with E-state index in [0.717, 1.165) is 0 Å². The van der Waals surface area contributed by atoms with Gasteiger partial charge in [-0.2, -0.15) is 0 Å². The van der Waals surface area contributed by atoms with Gasteiger partial charge in [0, 0.05) is 11.6 Å². The summed E-state index contributed by atoms with van der Waals surface area (Å²) in [4.78, 5) is 21.4. The van der Waals surface area contributed by atoms with Crippen LogP contribution < -0.4 is 10.1 Å². The fourth-order valence-electron chi connectivity index (χ4n) is 2.82. The third kappa shape index (κ3) is 3.27. The molecule has 0 unspecified atom stereocenters. The van der Waals surface area contributed by atoms with E-state index in [0.29, 0.717) is 39.5 Å². The third-order valence-corrected chi connectivity index (χ3v) is 4.21. The van der Waals surface area contributed by atoms with Gasteiger partial charge in [0.25, 0.3) is 11.6 Å². The Bertz CT molecular complexity index is 1150. The number of fused-ring (bicyclic) bond motifs is 1. The van der Waals surface area contributed by atoms with Crippen LogP contribution in [0.15, 0.2) is 53.2 Å². The number of benzene rings is 1. The maximum Gasteiger partial charge on any atom is 0.259 e. The minimum Gasteiger partial charge on any atom is -0.481 e. The summed E-state index contributed by atoms with van der Waals surface area (Å²) >= 11 is 0. The predicted octanol–water partition coefficient (Wildman–Crippen LogP) is 3.99. The van der Waals surface area contributed by atoms with E-state index in [2.05, 4.69) is 20.4 Å². The van der Waals surface area contributed by atoms with E-state index >= 15 is 0 Å². The molecule has 0 aliphatic heterocycles. The van der Waals surface area contributed by atoms with Gasteiger partial charge in [-0.1, -0.05) is 5.16 Å². The second-order valence-electron chi connectivity index (χ2n) is 6.05. The Balaban J connectivity index is 1.76. The van der Waals surface area contributed by atoms with Crippen LogP contribution in [0.1, 0.15) is 16.1 Å². The van der Waals surface area contributed by atoms with Crippen molar-refractivity contribution >= 4 is 22.7 Å². The van der Waals surface area contributed by atoms with Crippen molar-refractivity contribution in [3.63, 3.8) is 0 Å². The van der Waals surface area contributed by atoms with Crippen LogP contribution in [-0.2, 0) is 0 Å². The molecule has 1 amide bonds. The largest absolute Gasteiger partial charge is 0.481 e. The maximum atomic E-state index is 13.2. The van der Waals surface area contributed by atoms with Gasteiger partial charge in [-0.05, 0) is 43.3 Å². The van der Waals surface area contributed by atoms with Crippen LogP contribution >= 0.6 is 0 Å². The zero-order chi connectivity index (χ0) is 19.7. The Labute approximate surface area is 159 Å². The molecule has 0 radical (unpaired) electrons. The summed E-state index contributed by atoms with van der Waals surface area (Å²) < 4.78 is 23.5. The second-order valence-corrected chi connectivity index (χ2v) is 6.05. The lowest BCUT2D eigenvalue weighted by Crippen LogP contribution is -2.13. The smallest absolute Gasteiger partial charge is 0.259 e. The van der Waals surface area contributed by atoms with E-state index in [1.807, 2.05) is 0 Å². The van der Waals surface area contributed by atoms with Crippen LogP contribution in [0.3, 0.4) is 0 Å². The first-order chi connectivity index (χ1) is 13.5. The number of halogens is 1. The van der Waals surface area contributed by atoms with E-state index in [9.17, 15) is 9.18 Å². The van der Waals surface area contributed by atoms with Crippen molar-refractivity contribution in [1.29, 1.82) is 0 Å². The quantitative estimate of drug-likeness (QED) is 0.577. The molecule has 28 heavy (non-hydrogen) atoms. The summed E-state index contributed by atoms with van der Waals surface area (Å²) in [5.41, 5.74) is 2.76. The number of hydrogen-bond acceptors (Lipinski definition) is 6. The van der Waals surface area contributed by atoms with Crippen molar-refractivity contribution in [2.45, 2.75) is 6.92 Å². The summed E-state index contributed by atoms with van der Waals surface area (Å²) in [5, 5.41) is 7.22. The molecule has 4 rings (SSSR count). The maximum absolute atomic E-state index is 13.2. The van der Waals surface area contributed by atoms with Crippen LogP contribution in [0.5, 0.6) is 5.88 Å². The molecule has 0 saturated heterocycles. The number of amides is 1. The third-order valence-electron chi connectivity index (χ3n) is 4.21. The Morgan fingerprint density at radius 3 is 2.64 bits per heavy atom. The lowest BCUT2D eigenvalue weighted by atomic mass is 10.0. The van der Waals surface area contributed by atoms with Crippen LogP contribution in [0.2, 0.25) is 0 Å². The average Bonchev–Trinajstić information content (AvgIpc) is 3.09. The number of carbonyl (C=O) groups is 1. The molecule has 0 fully saturated rings. The Morgan fingerprint density at radius 1 is 1.18 bits per heavy atom. The molecule has 3 heterocycles. The highest BCUT2D eigenvalue weighted by atomic mass is 19.1. The van der Waals surface area contributed by atoms with Crippen molar-refractivity contribution in [2.75, 3.05) is 12.4 Å². The standard InChI is InChI=1S/C20H15FN4O3/c1-11-18-15(19(26)23-14-7-8-17(27-2)22-10-14)9-16(24-20(18)28-25-11)12-3-5-13(21)6-4-12/h3-10H,1-2H3,(H,23,26). The molecule has 0 saturated carbocycles. The van der Waals surface area contributed by atoms with Crippen molar-refractivity contribution in [3.8, 4) is 17.1 Å². The van der Waals surface area contributed by atoms with Gasteiger partial charge in [0.05, 0.1) is 41.3 Å². The van der Waals surface area contributed by atoms with Gasteiger partial charge < -0.3 is 14.6 Å². The molecule has 0 aliphatic rings. The number of methoxy groups -OCH3 is 1. The van der Waals surface area contributed by atoms with Crippen LogP contribution in [0, 0.1) is 12.7 Å². The molecule has 8 heteroatoms. The summed E-state index contributed by atoms with van der Waals surface area (Å²) in [6.45, 7) is 1.73. The van der Waals surface area contributed by atoms with Crippen LogP contribution in [0.4, 0.5) is 10.1 Å². The number of carbonyl (C=O) groups excluding carboxylic acids is 1. The first kappa shape index (κ1) is 17.6. The number of nitrogens with zero attached hydrogens (tertiary/aromatic N) is 3. The van der Waals surface area contributed by atoms with Crippen molar-refractivity contribution < 1.29 is 18.4 Å². The van der Waals surface area contributed by atoms with Crippen molar-refractivity contribution in [1.82, 2.24) is 15.1 Å². The molecule has 140 valence electrons. The molecule has 7 nitrogen and oxygen atoms in total. The first-order valence-corrected chi connectivity index (χ1v) is 8.39. The molecule has 1 N–H and O–H groups in total. The number of anilines is 1. The van der Waals surface area contributed by atoms with Gasteiger partial charge in [0.2, 0.25) is 5.88 Å². The molecule has 1 aromatic carbocycles. The predicted molar refractivity (Wildman–Crippen MR) is 101 cm³/mol. The van der Waals surface area contributed by atoms with Crippen LogP contribution in [0.25, 0.3) is 22.4 Å². The van der Waals surface area contributed by atoms with Crippen LogP contribution in [-0.4, -0.2) is 28.1 Å². The summed E-state index contributed by atoms with van der Waals surface area (Å²) in [5.74, 6) is -0.280. The highest BCUT2D eigenvalue weighted by Gasteiger charge is 2.19. The Morgan fingerprint density at radius 2 is 1.96 bits per heavy atom. The van der Waals surface area contributed by atoms with Gasteiger partial charge in [0.1, 0.15) is 5.82 Å². The number of hydrogen-bond donors (Lipinski definition) is 1. The number of aromatic nitrogens is 3. The fourth-order valence-corrected chi connectivity index (χ4v) is 2.82. The van der Waals surface area contributed by atoms with E-state index < -0.39 is 0 Å². The zero-order valence-corrected chi connectivity index (χ0v) is 15.1. The molecule has 0 aliphatic carbocycles. The van der Waals surface area contributed by atoms with Gasteiger partial charge in [-0.25, -0.2) is 14.4 Å². The monoisotopic (exact) mass is 378 g/mol. The van der Waals surface area contributed by atoms with E-state index in [4.69, 9.17) is 9.26 Å². The minimum absolute atomic E-state index is 0.234. The second kappa shape index (κ2) is 7.07. The molecular weight excluding hydrogens is 363 g/mol. The van der Waals surface area contributed by atoms with E-state index in [1.54, 1.807) is 37.3 Å². The number of aryl methyl sites for hydroxylation is 1. The molecule has 3 aromatic heterocycles. The first-order valence-electron chi connectivity index (χ1n) is 8.39. The van der Waals surface area contributed by atoms with Gasteiger partial charge >= 0.3 is 0 Å². The summed E-state index contributed by atoms with van der Waals surface area (Å²) in [6.07, 6.45) is 1.50. The SMILES string of the molecule is COc1ccc(NC(=O)c2cc(-c3ccc(F)cc3)nc3onc(C)c23)cn1. The molecule has 4 aromatic rings. The summed E-state index contributed by atoms with van der Waals surface area (Å²) in [7, 11) is 1.51. The van der Waals surface area contributed by atoms with Gasteiger partial charge in [-0.3, -0.25) is 4.79 Å². The highest BCUT2D eigenvalue weighted by molar-refractivity contribution is 6.13. The number of rotatable bonds is 4. The normalized spacial score (nSPS) is 10.8. The highest BCUT2D eigenvalue weighted by Crippen LogP contribution is 2.28. The fraction of sp³-hybridized carbons (Fsp3) is 0.100. The molecule has 0 spiro atoms. The number of ether oxygens (including phenoxy) is 1. The van der Waals surface area contributed by atoms with E-state index in [-0.39, 0.29) is 17.4 Å². The number of nitrogens with one attached hydrogen (secondary N) is 1. The number of pyridine rings is 2. The Hall–Kier alpha value is -3.81. The minimum atomic E-state index is -0.367. The van der Waals surface area contributed by atoms with Crippen molar-refractivity contribution in [2.24, 2.45) is 0 Å².